The van der Waals surface area contributed by atoms with Crippen molar-refractivity contribution in [2.24, 2.45) is 0 Å². The lowest BCUT2D eigenvalue weighted by molar-refractivity contribution is -0.124. The normalized spacial score (nSPS) is 12.0. The number of aromatic nitrogens is 2. The predicted molar refractivity (Wildman–Crippen MR) is 120 cm³/mol. The summed E-state index contributed by atoms with van der Waals surface area (Å²) in [6.07, 6.45) is 0.616. The van der Waals surface area contributed by atoms with E-state index >= 15 is 0 Å². The third-order valence-electron chi connectivity index (χ3n) is 4.43. The summed E-state index contributed by atoms with van der Waals surface area (Å²) in [5, 5.41) is 5.72. The minimum Gasteiger partial charge on any atom is -0.449 e. The summed E-state index contributed by atoms with van der Waals surface area (Å²) in [6, 6.07) is 9.92. The molecule has 0 aliphatic carbocycles. The molecule has 0 aliphatic heterocycles. The van der Waals surface area contributed by atoms with Crippen LogP contribution >= 0.6 is 34.5 Å². The maximum Gasteiger partial charge on any atom is 0.339 e. The molecule has 0 radical (unpaired) electrons. The van der Waals surface area contributed by atoms with Crippen molar-refractivity contribution in [1.82, 2.24) is 9.97 Å². The van der Waals surface area contributed by atoms with Crippen LogP contribution in [0.5, 0.6) is 0 Å². The Bertz CT molecular complexity index is 1270. The molecule has 0 spiro atoms. The number of nitrogens with zero attached hydrogens (tertiary/aromatic N) is 2. The molecule has 10 heteroatoms. The van der Waals surface area contributed by atoms with Crippen LogP contribution in [-0.2, 0) is 9.53 Å². The van der Waals surface area contributed by atoms with E-state index < -0.39 is 18.0 Å². The highest BCUT2D eigenvalue weighted by atomic mass is 35.5. The monoisotopic (exact) mass is 475 g/mol. The van der Waals surface area contributed by atoms with Gasteiger partial charge in [0.25, 0.3) is 5.91 Å². The van der Waals surface area contributed by atoms with Crippen LogP contribution in [0.3, 0.4) is 0 Å². The molecular formula is C21H15Cl2N3O4S. The zero-order valence-corrected chi connectivity index (χ0v) is 18.4. The van der Waals surface area contributed by atoms with Crippen LogP contribution in [0.2, 0.25) is 10.0 Å². The molecule has 158 valence electrons. The summed E-state index contributed by atoms with van der Waals surface area (Å²) in [7, 11) is 0. The standard InChI is InChI=1S/C21H15Cl2N3O4S/c1-2-17(30-20(28)12-4-6-15-18(8-12)29-10-24-15)19(27)26-21-25-16(9-31-21)11-3-5-13(22)14(23)7-11/h3-10,17H,2H2,1H3,(H,25,26,27). The molecular weight excluding hydrogens is 461 g/mol. The second-order valence-electron chi connectivity index (χ2n) is 6.49. The van der Waals surface area contributed by atoms with Crippen molar-refractivity contribution >= 4 is 62.6 Å². The fraction of sp³-hybridized carbons (Fsp3) is 0.143. The number of oxazole rings is 1. The van der Waals surface area contributed by atoms with E-state index in [1.54, 1.807) is 42.6 Å². The van der Waals surface area contributed by atoms with Gasteiger partial charge in [0.05, 0.1) is 21.3 Å². The van der Waals surface area contributed by atoms with Gasteiger partial charge in [0.15, 0.2) is 23.2 Å². The lowest BCUT2D eigenvalue weighted by Gasteiger charge is -2.15. The Morgan fingerprint density at radius 2 is 2.03 bits per heavy atom. The van der Waals surface area contributed by atoms with Gasteiger partial charge in [-0.2, -0.15) is 0 Å². The number of halogens is 2. The second kappa shape index (κ2) is 9.05. The van der Waals surface area contributed by atoms with Gasteiger partial charge in [0.1, 0.15) is 5.52 Å². The minimum atomic E-state index is -0.977. The van der Waals surface area contributed by atoms with E-state index in [1.165, 1.54) is 23.8 Å². The highest BCUT2D eigenvalue weighted by Crippen LogP contribution is 2.30. The van der Waals surface area contributed by atoms with Gasteiger partial charge in [0.2, 0.25) is 0 Å². The Labute approximate surface area is 191 Å². The number of anilines is 1. The molecule has 2 aromatic carbocycles. The third-order valence-corrected chi connectivity index (χ3v) is 5.93. The zero-order chi connectivity index (χ0) is 22.0. The van der Waals surface area contributed by atoms with Gasteiger partial charge in [-0.1, -0.05) is 36.2 Å². The number of benzene rings is 2. The van der Waals surface area contributed by atoms with Gasteiger partial charge < -0.3 is 9.15 Å². The zero-order valence-electron chi connectivity index (χ0n) is 16.1. The van der Waals surface area contributed by atoms with E-state index in [-0.39, 0.29) is 5.56 Å². The van der Waals surface area contributed by atoms with E-state index in [0.717, 1.165) is 5.56 Å². The largest absolute Gasteiger partial charge is 0.449 e. The van der Waals surface area contributed by atoms with Crippen molar-refractivity contribution in [2.45, 2.75) is 19.4 Å². The third kappa shape index (κ3) is 4.71. The highest BCUT2D eigenvalue weighted by molar-refractivity contribution is 7.14. The number of nitrogens with one attached hydrogen (secondary N) is 1. The first-order valence-corrected chi connectivity index (χ1v) is 10.8. The average molecular weight is 476 g/mol. The molecule has 2 heterocycles. The number of thiazole rings is 1. The van der Waals surface area contributed by atoms with Crippen molar-refractivity contribution in [3.8, 4) is 11.3 Å². The quantitative estimate of drug-likeness (QED) is 0.352. The Morgan fingerprint density at radius 1 is 1.19 bits per heavy atom. The van der Waals surface area contributed by atoms with Crippen LogP contribution in [0.25, 0.3) is 22.4 Å². The van der Waals surface area contributed by atoms with Gasteiger partial charge in [0, 0.05) is 10.9 Å². The smallest absolute Gasteiger partial charge is 0.339 e. The molecule has 4 aromatic rings. The maximum absolute atomic E-state index is 12.6. The van der Waals surface area contributed by atoms with E-state index in [2.05, 4.69) is 15.3 Å². The fourth-order valence-corrected chi connectivity index (χ4v) is 3.83. The molecule has 31 heavy (non-hydrogen) atoms. The van der Waals surface area contributed by atoms with Crippen molar-refractivity contribution in [2.75, 3.05) is 5.32 Å². The topological polar surface area (TPSA) is 94.3 Å². The molecule has 1 unspecified atom stereocenters. The van der Waals surface area contributed by atoms with Crippen molar-refractivity contribution < 1.29 is 18.7 Å². The molecule has 0 fully saturated rings. The first kappa shape index (κ1) is 21.3. The van der Waals surface area contributed by atoms with E-state index in [0.29, 0.717) is 38.4 Å². The summed E-state index contributed by atoms with van der Waals surface area (Å²) in [5.74, 6) is -1.09. The van der Waals surface area contributed by atoms with Gasteiger partial charge in [-0.25, -0.2) is 14.8 Å². The van der Waals surface area contributed by atoms with E-state index in [9.17, 15) is 9.59 Å². The van der Waals surface area contributed by atoms with Crippen molar-refractivity contribution in [3.05, 3.63) is 63.8 Å². The number of fused-ring (bicyclic) bond motifs is 1. The summed E-state index contributed by atoms with van der Waals surface area (Å²) in [6.45, 7) is 1.75. The van der Waals surface area contributed by atoms with Crippen LogP contribution in [0.4, 0.5) is 5.13 Å². The molecule has 7 nitrogen and oxygen atoms in total. The molecule has 1 N–H and O–H groups in total. The molecule has 1 atom stereocenters. The number of hydrogen-bond donors (Lipinski definition) is 1. The molecule has 2 aromatic heterocycles. The van der Waals surface area contributed by atoms with Gasteiger partial charge >= 0.3 is 5.97 Å². The predicted octanol–water partition coefficient (Wildman–Crippen LogP) is 5.83. The lowest BCUT2D eigenvalue weighted by atomic mass is 10.2. The molecule has 1 amide bonds. The summed E-state index contributed by atoms with van der Waals surface area (Å²) < 4.78 is 10.6. The number of amides is 1. The molecule has 4 rings (SSSR count). The first-order valence-electron chi connectivity index (χ1n) is 9.20. The fourth-order valence-electron chi connectivity index (χ4n) is 2.81. The molecule has 0 saturated heterocycles. The van der Waals surface area contributed by atoms with Gasteiger partial charge in [-0.3, -0.25) is 10.1 Å². The van der Waals surface area contributed by atoms with Gasteiger partial charge in [-0.05, 0) is 36.8 Å². The molecule has 0 bridgehead atoms. The summed E-state index contributed by atoms with van der Waals surface area (Å²) >= 11 is 13.3. The molecule has 0 saturated carbocycles. The average Bonchev–Trinajstić information content (AvgIpc) is 3.42. The van der Waals surface area contributed by atoms with Gasteiger partial charge in [-0.15, -0.1) is 11.3 Å². The van der Waals surface area contributed by atoms with Crippen LogP contribution in [0.1, 0.15) is 23.7 Å². The minimum absolute atomic E-state index is 0.270. The van der Waals surface area contributed by atoms with E-state index in [1.807, 2.05) is 0 Å². The Kier molecular flexibility index (Phi) is 6.22. The first-order chi connectivity index (χ1) is 14.9. The number of carbonyl (C=O) groups excluding carboxylic acids is 2. The second-order valence-corrected chi connectivity index (χ2v) is 8.17. The summed E-state index contributed by atoms with van der Waals surface area (Å²) in [5.41, 5.74) is 2.77. The maximum atomic E-state index is 12.6. The number of ether oxygens (including phenoxy) is 1. The lowest BCUT2D eigenvalue weighted by Crippen LogP contribution is -2.32. The number of hydrogen-bond acceptors (Lipinski definition) is 7. The Hall–Kier alpha value is -2.94. The number of esters is 1. The van der Waals surface area contributed by atoms with Crippen molar-refractivity contribution in [1.29, 1.82) is 0 Å². The van der Waals surface area contributed by atoms with Crippen molar-refractivity contribution in [3.63, 3.8) is 0 Å². The SMILES string of the molecule is CCC(OC(=O)c1ccc2ncoc2c1)C(=O)Nc1nc(-c2ccc(Cl)c(Cl)c2)cs1. The Morgan fingerprint density at radius 3 is 2.81 bits per heavy atom. The van der Waals surface area contributed by atoms with E-state index in [4.69, 9.17) is 32.4 Å². The van der Waals surface area contributed by atoms with Crippen LogP contribution in [0.15, 0.2) is 52.6 Å². The van der Waals surface area contributed by atoms with Crippen LogP contribution in [0, 0.1) is 0 Å². The number of carbonyl (C=O) groups is 2. The Balaban J connectivity index is 1.43. The number of rotatable bonds is 6. The van der Waals surface area contributed by atoms with Crippen LogP contribution in [-0.4, -0.2) is 27.9 Å². The molecule has 0 aliphatic rings. The highest BCUT2D eigenvalue weighted by Gasteiger charge is 2.23. The van der Waals surface area contributed by atoms with Crippen LogP contribution < -0.4 is 5.32 Å². The summed E-state index contributed by atoms with van der Waals surface area (Å²) in [4.78, 5) is 33.5.